The second-order valence-corrected chi connectivity index (χ2v) is 11.2. The van der Waals surface area contributed by atoms with E-state index in [1.807, 2.05) is 0 Å². The molecule has 0 N–H and O–H groups in total. The van der Waals surface area contributed by atoms with E-state index in [1.165, 1.54) is 76.3 Å². The lowest BCUT2D eigenvalue weighted by Crippen LogP contribution is -2.25. The SMILES string of the molecule is CC#C[C@@H](CCCCC)Oc1c(F)cc(C2CCC(C3CCC(CCCCC)CC3)CC2)cc1F. The van der Waals surface area contributed by atoms with Gasteiger partial charge in [-0.05, 0) is 99.7 Å². The molecule has 196 valence electrons. The van der Waals surface area contributed by atoms with E-state index < -0.39 is 17.7 Å². The number of hydrogen-bond donors (Lipinski definition) is 0. The number of rotatable bonds is 12. The normalized spacial score (nSPS) is 25.5. The van der Waals surface area contributed by atoms with E-state index in [0.29, 0.717) is 6.42 Å². The van der Waals surface area contributed by atoms with E-state index in [9.17, 15) is 8.78 Å². The smallest absolute Gasteiger partial charge is 0.192 e. The average Bonchev–Trinajstić information content (AvgIpc) is 2.87. The summed E-state index contributed by atoms with van der Waals surface area (Å²) in [6, 6.07) is 3.04. The van der Waals surface area contributed by atoms with Gasteiger partial charge < -0.3 is 4.74 Å². The van der Waals surface area contributed by atoms with Gasteiger partial charge in [-0.2, -0.15) is 0 Å². The van der Waals surface area contributed by atoms with Gasteiger partial charge in [0.15, 0.2) is 23.5 Å². The molecule has 0 bridgehead atoms. The van der Waals surface area contributed by atoms with Crippen molar-refractivity contribution < 1.29 is 13.5 Å². The molecule has 3 rings (SSSR count). The van der Waals surface area contributed by atoms with Crippen LogP contribution in [-0.4, -0.2) is 6.10 Å². The molecule has 0 aliphatic heterocycles. The molecule has 0 aromatic heterocycles. The maximum absolute atomic E-state index is 15.0. The van der Waals surface area contributed by atoms with Gasteiger partial charge >= 0.3 is 0 Å². The molecular formula is C32H48F2O. The van der Waals surface area contributed by atoms with Gasteiger partial charge in [0.25, 0.3) is 0 Å². The lowest BCUT2D eigenvalue weighted by molar-refractivity contribution is 0.155. The van der Waals surface area contributed by atoms with Gasteiger partial charge in [0.05, 0.1) is 0 Å². The van der Waals surface area contributed by atoms with Crippen molar-refractivity contribution in [3.05, 3.63) is 29.3 Å². The van der Waals surface area contributed by atoms with E-state index in [1.54, 1.807) is 6.92 Å². The van der Waals surface area contributed by atoms with Crippen LogP contribution < -0.4 is 4.74 Å². The third-order valence-corrected chi connectivity index (χ3v) is 8.67. The maximum atomic E-state index is 15.0. The Morgan fingerprint density at radius 1 is 0.829 bits per heavy atom. The van der Waals surface area contributed by atoms with Crippen LogP contribution in [0.2, 0.25) is 0 Å². The van der Waals surface area contributed by atoms with Crippen LogP contribution >= 0.6 is 0 Å². The molecule has 0 radical (unpaired) electrons. The highest BCUT2D eigenvalue weighted by atomic mass is 19.1. The third kappa shape index (κ3) is 8.51. The highest BCUT2D eigenvalue weighted by Crippen LogP contribution is 2.45. The topological polar surface area (TPSA) is 9.23 Å². The predicted molar refractivity (Wildman–Crippen MR) is 143 cm³/mol. The molecule has 0 spiro atoms. The van der Waals surface area contributed by atoms with Crippen molar-refractivity contribution in [1.82, 2.24) is 0 Å². The standard InChI is InChI=1S/C32H48F2O/c1-4-7-9-12-24-14-16-25(17-15-24)26-18-20-27(21-19-26)28-22-30(33)32(31(34)23-28)35-29(11-6-3)13-10-8-5-2/h22-27,29H,4-5,7-10,12-21H2,1-3H3/t24?,25?,26?,27?,29-/m0/s1. The number of halogens is 2. The van der Waals surface area contributed by atoms with Crippen molar-refractivity contribution in [2.75, 3.05) is 0 Å². The Bertz CT molecular complexity index is 784. The van der Waals surface area contributed by atoms with Crippen LogP contribution in [0.15, 0.2) is 12.1 Å². The third-order valence-electron chi connectivity index (χ3n) is 8.67. The lowest BCUT2D eigenvalue weighted by Gasteiger charge is -2.38. The van der Waals surface area contributed by atoms with Crippen molar-refractivity contribution >= 4 is 0 Å². The first-order valence-corrected chi connectivity index (χ1v) is 14.6. The molecular weight excluding hydrogens is 438 g/mol. The molecule has 1 nitrogen and oxygen atoms in total. The Kier molecular flexibility index (Phi) is 11.9. The second-order valence-electron chi connectivity index (χ2n) is 11.2. The van der Waals surface area contributed by atoms with Crippen LogP contribution in [0.4, 0.5) is 8.78 Å². The fourth-order valence-corrected chi connectivity index (χ4v) is 6.53. The Morgan fingerprint density at radius 3 is 1.97 bits per heavy atom. The number of benzene rings is 1. The Balaban J connectivity index is 1.51. The van der Waals surface area contributed by atoms with Crippen molar-refractivity contribution in [3.63, 3.8) is 0 Å². The fraction of sp³-hybridized carbons (Fsp3) is 0.750. The summed E-state index contributed by atoms with van der Waals surface area (Å²) < 4.78 is 35.6. The largest absolute Gasteiger partial charge is 0.472 e. The van der Waals surface area contributed by atoms with Gasteiger partial charge in [0.1, 0.15) is 0 Å². The first-order valence-electron chi connectivity index (χ1n) is 14.6. The zero-order chi connectivity index (χ0) is 25.0. The molecule has 1 atom stereocenters. The molecule has 0 unspecified atom stereocenters. The van der Waals surface area contributed by atoms with E-state index in [0.717, 1.165) is 55.4 Å². The summed E-state index contributed by atoms with van der Waals surface area (Å²) in [6.07, 6.45) is 18.9. The van der Waals surface area contributed by atoms with Gasteiger partial charge in [-0.3, -0.25) is 0 Å². The van der Waals surface area contributed by atoms with Crippen molar-refractivity contribution in [2.24, 2.45) is 17.8 Å². The van der Waals surface area contributed by atoms with Crippen LogP contribution in [0.25, 0.3) is 0 Å². The Hall–Kier alpha value is -1.56. The maximum Gasteiger partial charge on any atom is 0.192 e. The number of unbranched alkanes of at least 4 members (excludes halogenated alkanes) is 4. The van der Waals surface area contributed by atoms with Crippen LogP contribution in [0.5, 0.6) is 5.75 Å². The summed E-state index contributed by atoms with van der Waals surface area (Å²) in [5.41, 5.74) is 0.801. The number of ether oxygens (including phenoxy) is 1. The van der Waals surface area contributed by atoms with Gasteiger partial charge in [0, 0.05) is 0 Å². The van der Waals surface area contributed by atoms with E-state index in [4.69, 9.17) is 4.74 Å². The predicted octanol–water partition coefficient (Wildman–Crippen LogP) is 9.98. The molecule has 2 aliphatic carbocycles. The summed E-state index contributed by atoms with van der Waals surface area (Å²) in [5, 5.41) is 0. The van der Waals surface area contributed by atoms with Crippen molar-refractivity contribution in [3.8, 4) is 17.6 Å². The molecule has 2 fully saturated rings. The second kappa shape index (κ2) is 14.9. The summed E-state index contributed by atoms with van der Waals surface area (Å²) in [4.78, 5) is 0. The lowest BCUT2D eigenvalue weighted by atomic mass is 9.68. The molecule has 1 aromatic carbocycles. The highest BCUT2D eigenvalue weighted by Gasteiger charge is 2.32. The Morgan fingerprint density at radius 2 is 1.40 bits per heavy atom. The minimum atomic E-state index is -0.582. The summed E-state index contributed by atoms with van der Waals surface area (Å²) in [7, 11) is 0. The average molecular weight is 487 g/mol. The van der Waals surface area contributed by atoms with Crippen molar-refractivity contribution in [2.45, 2.75) is 136 Å². The van der Waals surface area contributed by atoms with Gasteiger partial charge in [-0.25, -0.2) is 8.78 Å². The number of hydrogen-bond acceptors (Lipinski definition) is 1. The van der Waals surface area contributed by atoms with Crippen LogP contribution in [-0.2, 0) is 0 Å². The van der Waals surface area contributed by atoms with Gasteiger partial charge in [-0.15, -0.1) is 5.92 Å². The Labute approximate surface area is 213 Å². The molecule has 3 heteroatoms. The van der Waals surface area contributed by atoms with Crippen LogP contribution in [0.1, 0.15) is 135 Å². The minimum Gasteiger partial charge on any atom is -0.472 e. The van der Waals surface area contributed by atoms with Crippen LogP contribution in [0.3, 0.4) is 0 Å². The molecule has 35 heavy (non-hydrogen) atoms. The first kappa shape index (κ1) is 28.0. The highest BCUT2D eigenvalue weighted by molar-refractivity contribution is 5.34. The summed E-state index contributed by atoms with van der Waals surface area (Å²) in [6.45, 7) is 6.15. The molecule has 0 amide bonds. The summed E-state index contributed by atoms with van der Waals surface area (Å²) in [5.74, 6) is 7.26. The fourth-order valence-electron chi connectivity index (χ4n) is 6.53. The molecule has 2 saturated carbocycles. The minimum absolute atomic E-state index is 0.255. The van der Waals surface area contributed by atoms with Gasteiger partial charge in [-0.1, -0.05) is 71.1 Å². The zero-order valence-corrected chi connectivity index (χ0v) is 22.5. The van der Waals surface area contributed by atoms with E-state index in [-0.39, 0.29) is 11.7 Å². The monoisotopic (exact) mass is 486 g/mol. The molecule has 0 saturated heterocycles. The quantitative estimate of drug-likeness (QED) is 0.211. The van der Waals surface area contributed by atoms with E-state index >= 15 is 0 Å². The molecule has 0 heterocycles. The van der Waals surface area contributed by atoms with Crippen molar-refractivity contribution in [1.29, 1.82) is 0 Å². The molecule has 2 aliphatic rings. The first-order chi connectivity index (χ1) is 17.0. The molecule has 1 aromatic rings. The van der Waals surface area contributed by atoms with Gasteiger partial charge in [0.2, 0.25) is 0 Å². The zero-order valence-electron chi connectivity index (χ0n) is 22.5. The van der Waals surface area contributed by atoms with Crippen LogP contribution in [0, 0.1) is 41.2 Å². The van der Waals surface area contributed by atoms with E-state index in [2.05, 4.69) is 25.7 Å². The summed E-state index contributed by atoms with van der Waals surface area (Å²) >= 11 is 0.